The molecule has 0 aliphatic rings. The Morgan fingerprint density at radius 2 is 2.06 bits per heavy atom. The summed E-state index contributed by atoms with van der Waals surface area (Å²) in [7, 11) is 1.48. The first-order valence-electron chi connectivity index (χ1n) is 5.25. The third-order valence-corrected chi connectivity index (χ3v) is 2.37. The average Bonchev–Trinajstić information content (AvgIpc) is 2.28. The van der Waals surface area contributed by atoms with E-state index in [0.29, 0.717) is 16.5 Å². The molecule has 0 unspecified atom stereocenters. The number of amides is 1. The van der Waals surface area contributed by atoms with Gasteiger partial charge in [-0.3, -0.25) is 9.59 Å². The Morgan fingerprint density at radius 1 is 1.39 bits per heavy atom. The molecule has 1 atom stereocenters. The summed E-state index contributed by atoms with van der Waals surface area (Å²) in [6.07, 6.45) is -0.883. The van der Waals surface area contributed by atoms with Crippen LogP contribution in [0, 0.1) is 0 Å². The maximum absolute atomic E-state index is 11.7. The predicted molar refractivity (Wildman–Crippen MR) is 67.9 cm³/mol. The molecule has 1 amide bonds. The van der Waals surface area contributed by atoms with Crippen LogP contribution in [-0.4, -0.2) is 25.1 Å². The number of methoxy groups -OCH3 is 1. The van der Waals surface area contributed by atoms with Crippen molar-refractivity contribution in [2.75, 3.05) is 12.4 Å². The van der Waals surface area contributed by atoms with Crippen LogP contribution in [0.15, 0.2) is 18.2 Å². The van der Waals surface area contributed by atoms with Crippen LogP contribution in [0.25, 0.3) is 0 Å². The van der Waals surface area contributed by atoms with Gasteiger partial charge in [0.1, 0.15) is 5.75 Å². The smallest absolute Gasteiger partial charge is 0.303 e. The van der Waals surface area contributed by atoms with Gasteiger partial charge >= 0.3 is 5.97 Å². The van der Waals surface area contributed by atoms with Gasteiger partial charge in [-0.15, -0.1) is 0 Å². The lowest BCUT2D eigenvalue weighted by atomic mass is 10.2. The van der Waals surface area contributed by atoms with Crippen LogP contribution < -0.4 is 10.1 Å². The highest BCUT2D eigenvalue weighted by Gasteiger charge is 2.17. The minimum atomic E-state index is -0.883. The minimum Gasteiger partial charge on any atom is -0.495 e. The second-order valence-corrected chi connectivity index (χ2v) is 4.02. The summed E-state index contributed by atoms with van der Waals surface area (Å²) in [4.78, 5) is 22.5. The number of anilines is 1. The summed E-state index contributed by atoms with van der Waals surface area (Å²) in [6.45, 7) is 2.72. The molecule has 0 fully saturated rings. The van der Waals surface area contributed by atoms with Crippen molar-refractivity contribution in [2.24, 2.45) is 0 Å². The van der Waals surface area contributed by atoms with Crippen LogP contribution >= 0.6 is 11.6 Å². The van der Waals surface area contributed by atoms with Crippen LogP contribution in [0.2, 0.25) is 5.02 Å². The molecule has 0 spiro atoms. The van der Waals surface area contributed by atoms with Gasteiger partial charge in [0, 0.05) is 11.9 Å². The number of rotatable bonds is 4. The number of hydrogen-bond acceptors (Lipinski definition) is 4. The van der Waals surface area contributed by atoms with Crippen molar-refractivity contribution in [1.82, 2.24) is 0 Å². The SMILES string of the molecule is COc1ccc(Cl)cc1NC(=O)[C@H](C)OC(C)=O. The highest BCUT2D eigenvalue weighted by atomic mass is 35.5. The quantitative estimate of drug-likeness (QED) is 0.853. The van der Waals surface area contributed by atoms with Gasteiger partial charge in [-0.2, -0.15) is 0 Å². The van der Waals surface area contributed by atoms with Crippen molar-refractivity contribution in [3.05, 3.63) is 23.2 Å². The fourth-order valence-corrected chi connectivity index (χ4v) is 1.49. The molecule has 0 aromatic heterocycles. The van der Waals surface area contributed by atoms with Crippen LogP contribution in [0.4, 0.5) is 5.69 Å². The Bertz CT molecular complexity index is 461. The Labute approximate surface area is 110 Å². The number of carbonyl (C=O) groups is 2. The van der Waals surface area contributed by atoms with E-state index in [2.05, 4.69) is 5.32 Å². The standard InChI is InChI=1S/C12H14ClNO4/c1-7(18-8(2)15)12(16)14-10-6-9(13)4-5-11(10)17-3/h4-7H,1-3H3,(H,14,16)/t7-/m0/s1. The van der Waals surface area contributed by atoms with Crippen LogP contribution in [0.5, 0.6) is 5.75 Å². The van der Waals surface area contributed by atoms with E-state index in [9.17, 15) is 9.59 Å². The summed E-state index contributed by atoms with van der Waals surface area (Å²) in [5.74, 6) is -0.496. The van der Waals surface area contributed by atoms with Crippen molar-refractivity contribution in [3.63, 3.8) is 0 Å². The van der Waals surface area contributed by atoms with Crippen molar-refractivity contribution in [3.8, 4) is 5.75 Å². The van der Waals surface area contributed by atoms with Gasteiger partial charge in [-0.1, -0.05) is 11.6 Å². The fraction of sp³-hybridized carbons (Fsp3) is 0.333. The number of hydrogen-bond donors (Lipinski definition) is 1. The van der Waals surface area contributed by atoms with Crippen molar-refractivity contribution in [2.45, 2.75) is 20.0 Å². The van der Waals surface area contributed by atoms with E-state index in [-0.39, 0.29) is 0 Å². The molecule has 0 aliphatic heterocycles. The second kappa shape index (κ2) is 6.26. The molecule has 98 valence electrons. The zero-order valence-corrected chi connectivity index (χ0v) is 11.1. The number of benzene rings is 1. The van der Waals surface area contributed by atoms with Crippen LogP contribution in [0.3, 0.4) is 0 Å². The molecule has 5 nitrogen and oxygen atoms in total. The predicted octanol–water partition coefficient (Wildman–Crippen LogP) is 2.24. The first-order valence-corrected chi connectivity index (χ1v) is 5.63. The summed E-state index contributed by atoms with van der Waals surface area (Å²) >= 11 is 5.83. The van der Waals surface area contributed by atoms with Gasteiger partial charge < -0.3 is 14.8 Å². The molecule has 0 bridgehead atoms. The van der Waals surface area contributed by atoms with Gasteiger partial charge in [0.25, 0.3) is 5.91 Å². The lowest BCUT2D eigenvalue weighted by molar-refractivity contribution is -0.150. The van der Waals surface area contributed by atoms with Crippen LogP contribution in [-0.2, 0) is 14.3 Å². The molecule has 0 saturated heterocycles. The van der Waals surface area contributed by atoms with Crippen LogP contribution in [0.1, 0.15) is 13.8 Å². The molecular weight excluding hydrogens is 258 g/mol. The third kappa shape index (κ3) is 3.92. The highest BCUT2D eigenvalue weighted by molar-refractivity contribution is 6.31. The molecule has 1 N–H and O–H groups in total. The number of carbonyl (C=O) groups excluding carboxylic acids is 2. The summed E-state index contributed by atoms with van der Waals surface area (Å²) in [5.41, 5.74) is 0.425. The number of halogens is 1. The molecule has 6 heteroatoms. The molecule has 0 saturated carbocycles. The van der Waals surface area contributed by atoms with E-state index in [4.69, 9.17) is 21.1 Å². The molecule has 1 aromatic carbocycles. The van der Waals surface area contributed by atoms with Gasteiger partial charge in [-0.25, -0.2) is 0 Å². The number of ether oxygens (including phenoxy) is 2. The molecule has 18 heavy (non-hydrogen) atoms. The van der Waals surface area contributed by atoms with E-state index < -0.39 is 18.0 Å². The maximum atomic E-state index is 11.7. The first-order chi connectivity index (χ1) is 8.43. The van der Waals surface area contributed by atoms with Gasteiger partial charge in [0.15, 0.2) is 6.10 Å². The zero-order valence-electron chi connectivity index (χ0n) is 10.3. The van der Waals surface area contributed by atoms with E-state index in [1.54, 1.807) is 18.2 Å². The zero-order chi connectivity index (χ0) is 13.7. The molecule has 0 aliphatic carbocycles. The molecule has 0 radical (unpaired) electrons. The van der Waals surface area contributed by atoms with E-state index in [1.807, 2.05) is 0 Å². The van der Waals surface area contributed by atoms with Crippen molar-refractivity contribution >= 4 is 29.2 Å². The molecule has 1 rings (SSSR count). The molecular formula is C12H14ClNO4. The number of nitrogens with one attached hydrogen (secondary N) is 1. The molecule has 1 aromatic rings. The van der Waals surface area contributed by atoms with E-state index in [0.717, 1.165) is 0 Å². The first kappa shape index (κ1) is 14.3. The summed E-state index contributed by atoms with van der Waals surface area (Å²) in [5, 5.41) is 3.05. The summed E-state index contributed by atoms with van der Waals surface area (Å²) < 4.78 is 9.84. The monoisotopic (exact) mass is 271 g/mol. The Morgan fingerprint density at radius 3 is 2.61 bits per heavy atom. The maximum Gasteiger partial charge on any atom is 0.303 e. The highest BCUT2D eigenvalue weighted by Crippen LogP contribution is 2.27. The van der Waals surface area contributed by atoms with Crippen molar-refractivity contribution < 1.29 is 19.1 Å². The minimum absolute atomic E-state index is 0.425. The Balaban J connectivity index is 2.80. The average molecular weight is 272 g/mol. The van der Waals surface area contributed by atoms with E-state index in [1.165, 1.54) is 21.0 Å². The molecule has 0 heterocycles. The van der Waals surface area contributed by atoms with E-state index >= 15 is 0 Å². The topological polar surface area (TPSA) is 64.6 Å². The third-order valence-electron chi connectivity index (χ3n) is 2.13. The Kier molecular flexibility index (Phi) is 4.97. The van der Waals surface area contributed by atoms with Gasteiger partial charge in [-0.05, 0) is 25.1 Å². The summed E-state index contributed by atoms with van der Waals surface area (Å²) in [6, 6.07) is 4.83. The fourth-order valence-electron chi connectivity index (χ4n) is 1.31. The van der Waals surface area contributed by atoms with Crippen molar-refractivity contribution in [1.29, 1.82) is 0 Å². The largest absolute Gasteiger partial charge is 0.495 e. The van der Waals surface area contributed by atoms with Gasteiger partial charge in [0.2, 0.25) is 0 Å². The lowest BCUT2D eigenvalue weighted by Gasteiger charge is -2.14. The number of esters is 1. The normalized spacial score (nSPS) is 11.6. The second-order valence-electron chi connectivity index (χ2n) is 3.59. The van der Waals surface area contributed by atoms with Gasteiger partial charge in [0.05, 0.1) is 12.8 Å². The Hall–Kier alpha value is -1.75. The lowest BCUT2D eigenvalue weighted by Crippen LogP contribution is -2.29.